The van der Waals surface area contributed by atoms with Crippen LogP contribution in [0.3, 0.4) is 0 Å². The maximum Gasteiger partial charge on any atom is 0.255 e. The highest BCUT2D eigenvalue weighted by atomic mass is 16.5. The number of carbonyl (C=O) groups is 1. The Hall–Kier alpha value is -2.60. The summed E-state index contributed by atoms with van der Waals surface area (Å²) in [5.74, 6) is 0.803. The van der Waals surface area contributed by atoms with E-state index in [9.17, 15) is 9.90 Å². The molecule has 0 spiro atoms. The van der Waals surface area contributed by atoms with Gasteiger partial charge in [0, 0.05) is 6.20 Å². The molecule has 2 N–H and O–H groups in total. The number of para-hydroxylation sites is 1. The molecule has 25 heavy (non-hydrogen) atoms. The molecule has 0 saturated heterocycles. The Morgan fingerprint density at radius 1 is 1.20 bits per heavy atom. The van der Waals surface area contributed by atoms with Crippen molar-refractivity contribution < 1.29 is 19.4 Å². The Kier molecular flexibility index (Phi) is 5.19. The Bertz CT molecular complexity index is 729. The number of hydrogen-bond donors (Lipinski definition) is 2. The second-order valence-corrected chi connectivity index (χ2v) is 6.13. The van der Waals surface area contributed by atoms with Gasteiger partial charge in [-0.15, -0.1) is 0 Å². The predicted octanol–water partition coefficient (Wildman–Crippen LogP) is 2.34. The minimum absolute atomic E-state index is 0.158. The number of pyridine rings is 1. The molecule has 132 valence electrons. The number of amides is 1. The maximum absolute atomic E-state index is 12.9. The molecule has 1 aromatic heterocycles. The third kappa shape index (κ3) is 3.58. The van der Waals surface area contributed by atoms with Crippen molar-refractivity contribution in [3.63, 3.8) is 0 Å². The number of nitrogens with zero attached hydrogens (tertiary/aromatic N) is 1. The number of aliphatic hydroxyl groups excluding tert-OH is 1. The molecular weight excluding hydrogens is 320 g/mol. The van der Waals surface area contributed by atoms with Crippen LogP contribution in [0.15, 0.2) is 42.6 Å². The number of aromatic nitrogens is 1. The zero-order valence-corrected chi connectivity index (χ0v) is 14.3. The summed E-state index contributed by atoms with van der Waals surface area (Å²) in [6, 6.07) is 10.5. The molecule has 1 aromatic carbocycles. The zero-order chi connectivity index (χ0) is 17.8. The number of methoxy groups -OCH3 is 2. The number of ether oxygens (including phenoxy) is 2. The monoisotopic (exact) mass is 342 g/mol. The summed E-state index contributed by atoms with van der Waals surface area (Å²) in [7, 11) is 3.04. The summed E-state index contributed by atoms with van der Waals surface area (Å²) in [4.78, 5) is 17.2. The summed E-state index contributed by atoms with van der Waals surface area (Å²) >= 11 is 0. The second kappa shape index (κ2) is 7.53. The van der Waals surface area contributed by atoms with Gasteiger partial charge in [-0.05, 0) is 43.0 Å². The molecule has 0 unspecified atom stereocenters. The van der Waals surface area contributed by atoms with Crippen molar-refractivity contribution in [1.29, 1.82) is 0 Å². The molecule has 1 amide bonds. The molecule has 0 radical (unpaired) electrons. The second-order valence-electron chi connectivity index (χ2n) is 6.13. The average Bonchev–Trinajstić information content (AvgIpc) is 2.63. The quantitative estimate of drug-likeness (QED) is 0.842. The van der Waals surface area contributed by atoms with E-state index in [0.717, 1.165) is 5.69 Å². The lowest BCUT2D eigenvalue weighted by Gasteiger charge is -2.37. The first-order valence-electron chi connectivity index (χ1n) is 8.25. The lowest BCUT2D eigenvalue weighted by atomic mass is 9.76. The van der Waals surface area contributed by atoms with E-state index in [-0.39, 0.29) is 24.0 Å². The van der Waals surface area contributed by atoms with Gasteiger partial charge in [0.2, 0.25) is 0 Å². The van der Waals surface area contributed by atoms with E-state index in [1.165, 1.54) is 14.2 Å². The number of nitrogens with one attached hydrogen (secondary N) is 1. The van der Waals surface area contributed by atoms with Crippen molar-refractivity contribution in [2.45, 2.75) is 25.0 Å². The smallest absolute Gasteiger partial charge is 0.255 e. The van der Waals surface area contributed by atoms with Gasteiger partial charge >= 0.3 is 0 Å². The number of hydrogen-bond acceptors (Lipinski definition) is 5. The Morgan fingerprint density at radius 2 is 2.00 bits per heavy atom. The van der Waals surface area contributed by atoms with Crippen molar-refractivity contribution in [2.24, 2.45) is 5.92 Å². The standard InChI is InChI=1S/C19H22N2O4/c1-24-16-8-5-6-14(18(16)25-2)19(23)21-17(12-10-13(22)11-12)15-7-3-4-9-20-15/h3-9,12-13,17,22H,10-11H2,1-2H3,(H,21,23)/t12?,13?,17-/m0/s1. The molecular formula is C19H22N2O4. The van der Waals surface area contributed by atoms with Gasteiger partial charge in [0.25, 0.3) is 5.91 Å². The van der Waals surface area contributed by atoms with Crippen molar-refractivity contribution in [1.82, 2.24) is 10.3 Å². The van der Waals surface area contributed by atoms with Crippen LogP contribution in [0.5, 0.6) is 11.5 Å². The van der Waals surface area contributed by atoms with E-state index in [4.69, 9.17) is 9.47 Å². The summed E-state index contributed by atoms with van der Waals surface area (Å²) in [5, 5.41) is 12.7. The molecule has 3 rings (SSSR count). The van der Waals surface area contributed by atoms with E-state index >= 15 is 0 Å². The summed E-state index contributed by atoms with van der Waals surface area (Å²) in [5.41, 5.74) is 1.19. The minimum atomic E-state index is -0.306. The number of aliphatic hydroxyl groups is 1. The third-order valence-electron chi connectivity index (χ3n) is 4.56. The molecule has 0 aliphatic heterocycles. The van der Waals surface area contributed by atoms with Crippen LogP contribution in [0, 0.1) is 5.92 Å². The highest BCUT2D eigenvalue weighted by Gasteiger charge is 2.36. The minimum Gasteiger partial charge on any atom is -0.493 e. The predicted molar refractivity (Wildman–Crippen MR) is 92.7 cm³/mol. The van der Waals surface area contributed by atoms with Crippen LogP contribution in [-0.4, -0.2) is 36.3 Å². The van der Waals surface area contributed by atoms with Crippen molar-refractivity contribution in [2.75, 3.05) is 14.2 Å². The zero-order valence-electron chi connectivity index (χ0n) is 14.3. The number of benzene rings is 1. The lowest BCUT2D eigenvalue weighted by Crippen LogP contribution is -2.41. The molecule has 1 aliphatic rings. The fourth-order valence-corrected chi connectivity index (χ4v) is 3.18. The summed E-state index contributed by atoms with van der Waals surface area (Å²) in [6.07, 6.45) is 2.70. The normalized spacial score (nSPS) is 20.3. The van der Waals surface area contributed by atoms with Crippen LogP contribution in [0.25, 0.3) is 0 Å². The molecule has 1 heterocycles. The van der Waals surface area contributed by atoms with Crippen LogP contribution in [0.2, 0.25) is 0 Å². The molecule has 1 saturated carbocycles. The van der Waals surface area contributed by atoms with Crippen LogP contribution < -0.4 is 14.8 Å². The van der Waals surface area contributed by atoms with E-state index in [2.05, 4.69) is 10.3 Å². The SMILES string of the molecule is COc1cccc(C(=O)N[C@H](c2ccccn2)C2CC(O)C2)c1OC. The number of rotatable bonds is 6. The first-order chi connectivity index (χ1) is 12.1. The molecule has 1 fully saturated rings. The van der Waals surface area contributed by atoms with Gasteiger partial charge in [0.05, 0.1) is 37.6 Å². The molecule has 1 aliphatic carbocycles. The fourth-order valence-electron chi connectivity index (χ4n) is 3.18. The molecule has 2 aromatic rings. The third-order valence-corrected chi connectivity index (χ3v) is 4.56. The van der Waals surface area contributed by atoms with Crippen molar-refractivity contribution in [3.8, 4) is 11.5 Å². The van der Waals surface area contributed by atoms with Crippen molar-refractivity contribution >= 4 is 5.91 Å². The van der Waals surface area contributed by atoms with Crippen molar-refractivity contribution in [3.05, 3.63) is 53.9 Å². The Morgan fingerprint density at radius 3 is 2.60 bits per heavy atom. The largest absolute Gasteiger partial charge is 0.493 e. The summed E-state index contributed by atoms with van der Waals surface area (Å²) < 4.78 is 10.6. The highest BCUT2D eigenvalue weighted by Crippen LogP contribution is 2.38. The first-order valence-corrected chi connectivity index (χ1v) is 8.25. The van der Waals surface area contributed by atoms with Crippen LogP contribution in [-0.2, 0) is 0 Å². The fraction of sp³-hybridized carbons (Fsp3) is 0.368. The summed E-state index contributed by atoms with van der Waals surface area (Å²) in [6.45, 7) is 0. The molecule has 6 heteroatoms. The molecule has 0 bridgehead atoms. The highest BCUT2D eigenvalue weighted by molar-refractivity contribution is 5.98. The van der Waals surface area contributed by atoms with E-state index in [1.807, 2.05) is 18.2 Å². The van der Waals surface area contributed by atoms with Gasteiger partial charge in [-0.25, -0.2) is 0 Å². The topological polar surface area (TPSA) is 80.7 Å². The van der Waals surface area contributed by atoms with Gasteiger partial charge < -0.3 is 19.9 Å². The first kappa shape index (κ1) is 17.2. The van der Waals surface area contributed by atoms with Crippen LogP contribution >= 0.6 is 0 Å². The molecule has 1 atom stereocenters. The van der Waals surface area contributed by atoms with Gasteiger partial charge in [0.1, 0.15) is 0 Å². The molecule has 6 nitrogen and oxygen atoms in total. The lowest BCUT2D eigenvalue weighted by molar-refractivity contribution is 0.0228. The van der Waals surface area contributed by atoms with Gasteiger partial charge in [0.15, 0.2) is 11.5 Å². The van der Waals surface area contributed by atoms with Crippen LogP contribution in [0.4, 0.5) is 0 Å². The van der Waals surface area contributed by atoms with Gasteiger partial charge in [-0.3, -0.25) is 9.78 Å². The van der Waals surface area contributed by atoms with Gasteiger partial charge in [-0.1, -0.05) is 12.1 Å². The number of carbonyl (C=O) groups excluding carboxylic acids is 1. The Labute approximate surface area is 146 Å². The van der Waals surface area contributed by atoms with Crippen LogP contribution in [0.1, 0.15) is 34.9 Å². The Balaban J connectivity index is 1.86. The average molecular weight is 342 g/mol. The van der Waals surface area contributed by atoms with E-state index in [0.29, 0.717) is 29.9 Å². The van der Waals surface area contributed by atoms with E-state index < -0.39 is 0 Å². The maximum atomic E-state index is 12.9. The van der Waals surface area contributed by atoms with Gasteiger partial charge in [-0.2, -0.15) is 0 Å². The van der Waals surface area contributed by atoms with E-state index in [1.54, 1.807) is 24.4 Å².